The van der Waals surface area contributed by atoms with E-state index in [4.69, 9.17) is 20.9 Å². The molecule has 0 unspecified atom stereocenters. The van der Waals surface area contributed by atoms with Gasteiger partial charge in [0.05, 0.1) is 18.6 Å². The lowest BCUT2D eigenvalue weighted by molar-refractivity contribution is 0.0692. The number of amides is 1. The van der Waals surface area contributed by atoms with Crippen LogP contribution in [0, 0.1) is 0 Å². The third kappa shape index (κ3) is 3.73. The number of rotatable bonds is 4. The summed E-state index contributed by atoms with van der Waals surface area (Å²) in [4.78, 5) is 19.4. The van der Waals surface area contributed by atoms with Crippen molar-refractivity contribution in [1.29, 1.82) is 0 Å². The predicted octanol–water partition coefficient (Wildman–Crippen LogP) is 4.42. The zero-order valence-electron chi connectivity index (χ0n) is 15.5. The molecule has 0 saturated carbocycles. The van der Waals surface area contributed by atoms with Crippen molar-refractivity contribution in [2.75, 3.05) is 20.2 Å². The second kappa shape index (κ2) is 8.02. The van der Waals surface area contributed by atoms with E-state index in [0.29, 0.717) is 41.1 Å². The third-order valence-corrected chi connectivity index (χ3v) is 5.15. The van der Waals surface area contributed by atoms with Crippen LogP contribution in [-0.2, 0) is 0 Å². The molecule has 0 bridgehead atoms. The van der Waals surface area contributed by atoms with Crippen LogP contribution in [0.5, 0.6) is 5.75 Å². The lowest BCUT2D eigenvalue weighted by Crippen LogP contribution is -2.39. The van der Waals surface area contributed by atoms with Crippen LogP contribution in [0.1, 0.15) is 35.0 Å². The Labute approximate surface area is 168 Å². The van der Waals surface area contributed by atoms with E-state index < -0.39 is 0 Å². The van der Waals surface area contributed by atoms with Crippen LogP contribution in [0.3, 0.4) is 0 Å². The number of hydrogen-bond donors (Lipinski definition) is 0. The van der Waals surface area contributed by atoms with Gasteiger partial charge in [0.25, 0.3) is 5.91 Å². The first-order valence-electron chi connectivity index (χ1n) is 9.17. The van der Waals surface area contributed by atoms with Crippen LogP contribution < -0.4 is 4.74 Å². The molecule has 4 rings (SSSR count). The minimum Gasteiger partial charge on any atom is -0.496 e. The molecule has 1 aromatic heterocycles. The predicted molar refractivity (Wildman–Crippen MR) is 106 cm³/mol. The van der Waals surface area contributed by atoms with Crippen molar-refractivity contribution in [3.05, 3.63) is 65.0 Å². The molecule has 1 fully saturated rings. The summed E-state index contributed by atoms with van der Waals surface area (Å²) in [5, 5.41) is 4.71. The van der Waals surface area contributed by atoms with Gasteiger partial charge in [0.15, 0.2) is 0 Å². The zero-order chi connectivity index (χ0) is 19.5. The molecular weight excluding hydrogens is 378 g/mol. The summed E-state index contributed by atoms with van der Waals surface area (Å²) in [5.74, 6) is 1.60. The maximum Gasteiger partial charge on any atom is 0.257 e. The van der Waals surface area contributed by atoms with E-state index in [2.05, 4.69) is 10.1 Å². The van der Waals surface area contributed by atoms with Crippen molar-refractivity contribution in [2.24, 2.45) is 0 Å². The van der Waals surface area contributed by atoms with E-state index in [9.17, 15) is 4.79 Å². The summed E-state index contributed by atoms with van der Waals surface area (Å²) in [6.45, 7) is 1.23. The SMILES string of the molecule is COc1ccccc1C(=O)N1CCC[C@H](c2nc(-c3cccc(Cl)c3)no2)C1. The largest absolute Gasteiger partial charge is 0.496 e. The van der Waals surface area contributed by atoms with Gasteiger partial charge in [-0.15, -0.1) is 0 Å². The van der Waals surface area contributed by atoms with E-state index in [-0.39, 0.29) is 11.8 Å². The Balaban J connectivity index is 1.52. The van der Waals surface area contributed by atoms with Gasteiger partial charge in [-0.05, 0) is 37.1 Å². The standard InChI is InChI=1S/C21H20ClN3O3/c1-27-18-10-3-2-9-17(18)21(26)25-11-5-7-15(13-25)20-23-19(24-28-20)14-6-4-8-16(22)12-14/h2-4,6,8-10,12,15H,5,7,11,13H2,1H3/t15-/m0/s1. The van der Waals surface area contributed by atoms with Crippen LogP contribution in [0.2, 0.25) is 5.02 Å². The Morgan fingerprint density at radius 2 is 2.11 bits per heavy atom. The molecule has 2 aromatic carbocycles. The lowest BCUT2D eigenvalue weighted by Gasteiger charge is -2.31. The van der Waals surface area contributed by atoms with Crippen molar-refractivity contribution >= 4 is 17.5 Å². The van der Waals surface area contributed by atoms with E-state index in [1.54, 1.807) is 31.4 Å². The second-order valence-electron chi connectivity index (χ2n) is 6.76. The summed E-state index contributed by atoms with van der Waals surface area (Å²) in [5.41, 5.74) is 1.37. The van der Waals surface area contributed by atoms with Crippen molar-refractivity contribution in [2.45, 2.75) is 18.8 Å². The molecule has 0 spiro atoms. The fraction of sp³-hybridized carbons (Fsp3) is 0.286. The van der Waals surface area contributed by atoms with Gasteiger partial charge in [0, 0.05) is 23.7 Å². The molecule has 144 valence electrons. The van der Waals surface area contributed by atoms with Crippen molar-refractivity contribution in [3.8, 4) is 17.1 Å². The number of benzene rings is 2. The first-order valence-corrected chi connectivity index (χ1v) is 9.55. The van der Waals surface area contributed by atoms with Gasteiger partial charge >= 0.3 is 0 Å². The Morgan fingerprint density at radius 1 is 1.25 bits per heavy atom. The molecule has 1 amide bonds. The number of carbonyl (C=O) groups excluding carboxylic acids is 1. The molecule has 6 nitrogen and oxygen atoms in total. The molecule has 1 aliphatic rings. The first-order chi connectivity index (χ1) is 13.7. The van der Waals surface area contributed by atoms with Gasteiger partial charge in [-0.25, -0.2) is 0 Å². The number of ether oxygens (including phenoxy) is 1. The monoisotopic (exact) mass is 397 g/mol. The highest BCUT2D eigenvalue weighted by atomic mass is 35.5. The van der Waals surface area contributed by atoms with Gasteiger partial charge in [-0.1, -0.05) is 41.0 Å². The highest BCUT2D eigenvalue weighted by Gasteiger charge is 2.30. The average Bonchev–Trinajstić information content (AvgIpc) is 3.24. The molecule has 0 aliphatic carbocycles. The lowest BCUT2D eigenvalue weighted by atomic mass is 9.97. The van der Waals surface area contributed by atoms with Gasteiger partial charge in [-0.3, -0.25) is 4.79 Å². The number of methoxy groups -OCH3 is 1. The summed E-state index contributed by atoms with van der Waals surface area (Å²) < 4.78 is 10.8. The summed E-state index contributed by atoms with van der Waals surface area (Å²) >= 11 is 6.05. The smallest absolute Gasteiger partial charge is 0.257 e. The Kier molecular flexibility index (Phi) is 5.30. The number of aromatic nitrogens is 2. The maximum absolute atomic E-state index is 13.0. The fourth-order valence-electron chi connectivity index (χ4n) is 3.50. The first kappa shape index (κ1) is 18.5. The zero-order valence-corrected chi connectivity index (χ0v) is 16.2. The summed E-state index contributed by atoms with van der Waals surface area (Å²) in [6, 6.07) is 14.6. The van der Waals surface area contributed by atoms with E-state index in [1.807, 2.05) is 29.2 Å². The van der Waals surface area contributed by atoms with Crippen LogP contribution >= 0.6 is 11.6 Å². The third-order valence-electron chi connectivity index (χ3n) is 4.92. The molecule has 2 heterocycles. The number of likely N-dealkylation sites (tertiary alicyclic amines) is 1. The van der Waals surface area contributed by atoms with Gasteiger partial charge in [0.2, 0.25) is 11.7 Å². The van der Waals surface area contributed by atoms with Gasteiger partial charge < -0.3 is 14.2 Å². The molecule has 1 saturated heterocycles. The minimum atomic E-state index is -0.0447. The second-order valence-corrected chi connectivity index (χ2v) is 7.19. The number of piperidine rings is 1. The Hall–Kier alpha value is -2.86. The normalized spacial score (nSPS) is 16.8. The maximum atomic E-state index is 13.0. The van der Waals surface area contributed by atoms with Crippen LogP contribution in [0.4, 0.5) is 0 Å². The van der Waals surface area contributed by atoms with E-state index in [0.717, 1.165) is 18.4 Å². The summed E-state index contributed by atoms with van der Waals surface area (Å²) in [6.07, 6.45) is 1.77. The molecule has 28 heavy (non-hydrogen) atoms. The van der Waals surface area contributed by atoms with Crippen molar-refractivity contribution in [3.63, 3.8) is 0 Å². The van der Waals surface area contributed by atoms with Crippen LogP contribution in [-0.4, -0.2) is 41.1 Å². The topological polar surface area (TPSA) is 68.5 Å². The number of halogens is 1. The summed E-state index contributed by atoms with van der Waals surface area (Å²) in [7, 11) is 1.57. The van der Waals surface area contributed by atoms with E-state index in [1.165, 1.54) is 0 Å². The molecule has 1 aliphatic heterocycles. The van der Waals surface area contributed by atoms with Crippen LogP contribution in [0.25, 0.3) is 11.4 Å². The highest BCUT2D eigenvalue weighted by molar-refractivity contribution is 6.30. The number of hydrogen-bond acceptors (Lipinski definition) is 5. The van der Waals surface area contributed by atoms with Gasteiger partial charge in [0.1, 0.15) is 5.75 Å². The molecular formula is C21H20ClN3O3. The number of para-hydroxylation sites is 1. The molecule has 0 radical (unpaired) electrons. The number of carbonyl (C=O) groups is 1. The van der Waals surface area contributed by atoms with Crippen molar-refractivity contribution < 1.29 is 14.1 Å². The fourth-order valence-corrected chi connectivity index (χ4v) is 3.69. The van der Waals surface area contributed by atoms with Gasteiger partial charge in [-0.2, -0.15) is 4.98 Å². The molecule has 3 aromatic rings. The average molecular weight is 398 g/mol. The molecule has 7 heteroatoms. The quantitative estimate of drug-likeness (QED) is 0.651. The minimum absolute atomic E-state index is 0.00726. The molecule has 1 atom stereocenters. The highest BCUT2D eigenvalue weighted by Crippen LogP contribution is 2.30. The van der Waals surface area contributed by atoms with Crippen LogP contribution in [0.15, 0.2) is 53.1 Å². The molecule has 0 N–H and O–H groups in total. The Bertz CT molecular complexity index is 988. The van der Waals surface area contributed by atoms with E-state index >= 15 is 0 Å². The Morgan fingerprint density at radius 3 is 2.93 bits per heavy atom. The number of nitrogens with zero attached hydrogens (tertiary/aromatic N) is 3. The van der Waals surface area contributed by atoms with Crippen molar-refractivity contribution in [1.82, 2.24) is 15.0 Å².